The standard InChI is InChI=1S/C18H24F3N5O2/c1-17(22-7-8-23-17)6-9-25-11-10-24(13-16(25)26(27)28)12-14-2-4-15(5-3-14)18(19,20)21/h2-5,7-8,16,22-23H,6,9-13H2,1H3. The fourth-order valence-electron chi connectivity index (χ4n) is 3.52. The Labute approximate surface area is 161 Å². The van der Waals surface area contributed by atoms with Gasteiger partial charge < -0.3 is 10.6 Å². The van der Waals surface area contributed by atoms with Gasteiger partial charge in [-0.3, -0.25) is 15.0 Å². The molecule has 1 atom stereocenters. The molecule has 0 aromatic heterocycles. The summed E-state index contributed by atoms with van der Waals surface area (Å²) < 4.78 is 38.0. The van der Waals surface area contributed by atoms with E-state index in [1.54, 1.807) is 0 Å². The first-order valence-corrected chi connectivity index (χ1v) is 9.13. The lowest BCUT2D eigenvalue weighted by Gasteiger charge is -2.38. The lowest BCUT2D eigenvalue weighted by atomic mass is 10.1. The predicted molar refractivity (Wildman–Crippen MR) is 97.5 cm³/mol. The maximum Gasteiger partial charge on any atom is 0.416 e. The second-order valence-corrected chi connectivity index (χ2v) is 7.44. The Kier molecular flexibility index (Phi) is 5.80. The maximum absolute atomic E-state index is 12.7. The first-order chi connectivity index (χ1) is 13.2. The predicted octanol–water partition coefficient (Wildman–Crippen LogP) is 2.20. The molecule has 1 aromatic rings. The van der Waals surface area contributed by atoms with E-state index >= 15 is 0 Å². The SMILES string of the molecule is CC1(CCN2CCN(Cc3ccc(C(F)(F)F)cc3)CC2[N+](=O)[O-])NC=CN1. The van der Waals surface area contributed by atoms with E-state index in [4.69, 9.17) is 0 Å². The van der Waals surface area contributed by atoms with Gasteiger partial charge in [-0.1, -0.05) is 12.1 Å². The quantitative estimate of drug-likeness (QED) is 0.564. The van der Waals surface area contributed by atoms with Crippen LogP contribution in [0.25, 0.3) is 0 Å². The lowest BCUT2D eigenvalue weighted by Crippen LogP contribution is -2.58. The first-order valence-electron chi connectivity index (χ1n) is 9.13. The Morgan fingerprint density at radius 2 is 1.86 bits per heavy atom. The van der Waals surface area contributed by atoms with Crippen LogP contribution in [0.15, 0.2) is 36.7 Å². The molecule has 1 unspecified atom stereocenters. The average Bonchev–Trinajstić information content (AvgIpc) is 3.07. The average molecular weight is 399 g/mol. The Morgan fingerprint density at radius 3 is 2.43 bits per heavy atom. The molecule has 0 aliphatic carbocycles. The monoisotopic (exact) mass is 399 g/mol. The van der Waals surface area contributed by atoms with E-state index in [0.29, 0.717) is 38.2 Å². The summed E-state index contributed by atoms with van der Waals surface area (Å²) in [7, 11) is 0. The van der Waals surface area contributed by atoms with Gasteiger partial charge in [0, 0.05) is 49.9 Å². The highest BCUT2D eigenvalue weighted by atomic mass is 19.4. The summed E-state index contributed by atoms with van der Waals surface area (Å²) in [6, 6.07) is 4.96. The third-order valence-electron chi connectivity index (χ3n) is 5.26. The number of nitrogens with one attached hydrogen (secondary N) is 2. The van der Waals surface area contributed by atoms with Crippen molar-refractivity contribution in [3.63, 3.8) is 0 Å². The van der Waals surface area contributed by atoms with Gasteiger partial charge in [0.15, 0.2) is 0 Å². The van der Waals surface area contributed by atoms with Crippen LogP contribution in [0.2, 0.25) is 0 Å². The molecule has 154 valence electrons. The van der Waals surface area contributed by atoms with Crippen LogP contribution in [0.5, 0.6) is 0 Å². The molecule has 0 saturated carbocycles. The molecule has 2 heterocycles. The summed E-state index contributed by atoms with van der Waals surface area (Å²) in [5.74, 6) is 0. The van der Waals surface area contributed by atoms with Crippen molar-refractivity contribution < 1.29 is 18.1 Å². The van der Waals surface area contributed by atoms with Gasteiger partial charge in [-0.15, -0.1) is 0 Å². The van der Waals surface area contributed by atoms with Crippen LogP contribution >= 0.6 is 0 Å². The van der Waals surface area contributed by atoms with Crippen molar-refractivity contribution in [2.75, 3.05) is 26.2 Å². The molecule has 0 radical (unpaired) electrons. The van der Waals surface area contributed by atoms with Gasteiger partial charge in [-0.25, -0.2) is 4.90 Å². The molecule has 0 amide bonds. The first kappa shape index (κ1) is 20.4. The van der Waals surface area contributed by atoms with Gasteiger partial charge in [-0.2, -0.15) is 13.2 Å². The third-order valence-corrected chi connectivity index (χ3v) is 5.26. The fourth-order valence-corrected chi connectivity index (χ4v) is 3.52. The second kappa shape index (κ2) is 7.96. The van der Waals surface area contributed by atoms with E-state index in [2.05, 4.69) is 10.6 Å². The highest BCUT2D eigenvalue weighted by Gasteiger charge is 2.37. The molecule has 0 bridgehead atoms. The Bertz CT molecular complexity index is 715. The number of nitrogens with zero attached hydrogens (tertiary/aromatic N) is 3. The van der Waals surface area contributed by atoms with Crippen LogP contribution in [-0.4, -0.2) is 52.7 Å². The molecule has 2 aliphatic rings. The molecule has 0 spiro atoms. The second-order valence-electron chi connectivity index (χ2n) is 7.44. The molecule has 3 rings (SSSR count). The number of hydrogen-bond acceptors (Lipinski definition) is 6. The zero-order valence-corrected chi connectivity index (χ0v) is 15.6. The normalized spacial score (nSPS) is 22.6. The summed E-state index contributed by atoms with van der Waals surface area (Å²) >= 11 is 0. The number of benzene rings is 1. The van der Waals surface area contributed by atoms with E-state index in [1.807, 2.05) is 29.1 Å². The highest BCUT2D eigenvalue weighted by molar-refractivity contribution is 5.24. The van der Waals surface area contributed by atoms with Crippen LogP contribution < -0.4 is 10.6 Å². The van der Waals surface area contributed by atoms with Gasteiger partial charge in [0.1, 0.15) is 5.66 Å². The number of rotatable bonds is 6. The molecular formula is C18H24F3N5O2. The van der Waals surface area contributed by atoms with Gasteiger partial charge >= 0.3 is 6.18 Å². The van der Waals surface area contributed by atoms with Gasteiger partial charge in [0.2, 0.25) is 0 Å². The summed E-state index contributed by atoms with van der Waals surface area (Å²) in [4.78, 5) is 15.1. The van der Waals surface area contributed by atoms with Crippen molar-refractivity contribution in [2.24, 2.45) is 0 Å². The van der Waals surface area contributed by atoms with Gasteiger partial charge in [-0.05, 0) is 24.6 Å². The molecule has 10 heteroatoms. The minimum atomic E-state index is -4.37. The number of halogens is 3. The molecule has 1 saturated heterocycles. The summed E-state index contributed by atoms with van der Waals surface area (Å²) in [5.41, 5.74) is -0.291. The Balaban J connectivity index is 1.57. The molecular weight excluding hydrogens is 375 g/mol. The van der Waals surface area contributed by atoms with E-state index in [9.17, 15) is 23.3 Å². The van der Waals surface area contributed by atoms with Crippen molar-refractivity contribution >= 4 is 0 Å². The van der Waals surface area contributed by atoms with Crippen LogP contribution in [0.1, 0.15) is 24.5 Å². The minimum absolute atomic E-state index is 0.240. The fraction of sp³-hybridized carbons (Fsp3) is 0.556. The summed E-state index contributed by atoms with van der Waals surface area (Å²) in [6.45, 7) is 4.36. The number of alkyl halides is 3. The number of nitro groups is 1. The number of hydrogen-bond donors (Lipinski definition) is 2. The van der Waals surface area contributed by atoms with E-state index in [0.717, 1.165) is 12.1 Å². The summed E-state index contributed by atoms with van der Waals surface area (Å²) in [5, 5.41) is 18.0. The molecule has 2 aliphatic heterocycles. The van der Waals surface area contributed by atoms with Crippen LogP contribution in [0, 0.1) is 10.1 Å². The molecule has 28 heavy (non-hydrogen) atoms. The van der Waals surface area contributed by atoms with Crippen molar-refractivity contribution in [3.8, 4) is 0 Å². The minimum Gasteiger partial charge on any atom is -0.368 e. The van der Waals surface area contributed by atoms with E-state index in [-0.39, 0.29) is 17.1 Å². The lowest BCUT2D eigenvalue weighted by molar-refractivity contribution is -0.554. The Hall–Kier alpha value is -2.33. The van der Waals surface area contributed by atoms with E-state index < -0.39 is 17.9 Å². The highest BCUT2D eigenvalue weighted by Crippen LogP contribution is 2.29. The van der Waals surface area contributed by atoms with Gasteiger partial charge in [0.25, 0.3) is 6.17 Å². The molecule has 2 N–H and O–H groups in total. The zero-order valence-electron chi connectivity index (χ0n) is 15.6. The molecule has 1 aromatic carbocycles. The summed E-state index contributed by atoms with van der Waals surface area (Å²) in [6.07, 6.45) is -0.875. The zero-order chi connectivity index (χ0) is 20.4. The van der Waals surface area contributed by atoms with E-state index in [1.165, 1.54) is 12.1 Å². The molecule has 1 fully saturated rings. The van der Waals surface area contributed by atoms with Crippen LogP contribution in [-0.2, 0) is 12.7 Å². The van der Waals surface area contributed by atoms with Crippen LogP contribution in [0.3, 0.4) is 0 Å². The van der Waals surface area contributed by atoms with Crippen LogP contribution in [0.4, 0.5) is 13.2 Å². The van der Waals surface area contributed by atoms with Crippen molar-refractivity contribution in [1.29, 1.82) is 0 Å². The van der Waals surface area contributed by atoms with Crippen molar-refractivity contribution in [1.82, 2.24) is 20.4 Å². The van der Waals surface area contributed by atoms with Crippen molar-refractivity contribution in [3.05, 3.63) is 57.9 Å². The Morgan fingerprint density at radius 1 is 1.21 bits per heavy atom. The van der Waals surface area contributed by atoms with Crippen molar-refractivity contribution in [2.45, 2.75) is 37.9 Å². The number of piperazine rings is 1. The van der Waals surface area contributed by atoms with Gasteiger partial charge in [0.05, 0.1) is 12.1 Å². The third kappa shape index (κ3) is 4.93. The molecule has 7 nitrogen and oxygen atoms in total. The largest absolute Gasteiger partial charge is 0.416 e. The maximum atomic E-state index is 12.7. The topological polar surface area (TPSA) is 73.7 Å². The smallest absolute Gasteiger partial charge is 0.368 e.